The van der Waals surface area contributed by atoms with E-state index >= 15 is 0 Å². The lowest BCUT2D eigenvalue weighted by molar-refractivity contribution is 0.251. The van der Waals surface area contributed by atoms with Crippen LogP contribution >= 0.6 is 0 Å². The molecule has 74 valence electrons. The fourth-order valence-corrected chi connectivity index (χ4v) is 1.32. The molecule has 0 saturated heterocycles. The van der Waals surface area contributed by atoms with Gasteiger partial charge in [-0.15, -0.1) is 0 Å². The minimum atomic E-state index is -0.453. The van der Waals surface area contributed by atoms with E-state index in [0.29, 0.717) is 12.8 Å². The summed E-state index contributed by atoms with van der Waals surface area (Å²) < 4.78 is 1.09. The Morgan fingerprint density at radius 2 is 1.92 bits per heavy atom. The Labute approximate surface area is 74.2 Å². The summed E-state index contributed by atoms with van der Waals surface area (Å²) in [5.74, 6) is 0. The van der Waals surface area contributed by atoms with Gasteiger partial charge in [-0.2, -0.15) is 0 Å². The molecular formula is C7H13N3O3. The second kappa shape index (κ2) is 4.08. The average molecular weight is 187 g/mol. The molecule has 0 amide bonds. The maximum Gasteiger partial charge on any atom is 0.344 e. The van der Waals surface area contributed by atoms with E-state index in [1.807, 2.05) is 6.92 Å². The van der Waals surface area contributed by atoms with Gasteiger partial charge in [-0.05, 0) is 12.8 Å². The Bertz CT molecular complexity index is 334. The smallest absolute Gasteiger partial charge is 0.344 e. The van der Waals surface area contributed by atoms with E-state index in [9.17, 15) is 9.59 Å². The zero-order valence-corrected chi connectivity index (χ0v) is 7.41. The zero-order chi connectivity index (χ0) is 9.84. The molecule has 0 aromatic carbocycles. The summed E-state index contributed by atoms with van der Waals surface area (Å²) in [6, 6.07) is -0.229. The molecule has 1 heterocycles. The lowest BCUT2D eigenvalue weighted by atomic mass is 10.1. The van der Waals surface area contributed by atoms with Crippen molar-refractivity contribution in [2.45, 2.75) is 25.8 Å². The first kappa shape index (κ1) is 9.79. The molecule has 13 heavy (non-hydrogen) atoms. The molecule has 0 radical (unpaired) electrons. The SMILES string of the molecule is CCC(CCO)n1c(=O)[nH][nH]c1=O. The number of H-pyrrole nitrogens is 2. The molecule has 1 aromatic heterocycles. The molecule has 1 atom stereocenters. The third-order valence-electron chi connectivity index (χ3n) is 2.01. The van der Waals surface area contributed by atoms with Gasteiger partial charge in [0.25, 0.3) is 0 Å². The standard InChI is InChI=1S/C7H13N3O3/c1-2-5(3-4-11)10-6(12)8-9-7(10)13/h5,11H,2-4H2,1H3,(H,8,12)(H,9,13). The summed E-state index contributed by atoms with van der Waals surface area (Å²) in [4.78, 5) is 22.2. The lowest BCUT2D eigenvalue weighted by Gasteiger charge is -2.11. The predicted molar refractivity (Wildman–Crippen MR) is 46.7 cm³/mol. The maximum atomic E-state index is 11.1. The summed E-state index contributed by atoms with van der Waals surface area (Å²) >= 11 is 0. The van der Waals surface area contributed by atoms with Crippen LogP contribution in [0.3, 0.4) is 0 Å². The van der Waals surface area contributed by atoms with Crippen LogP contribution in [0, 0.1) is 0 Å². The van der Waals surface area contributed by atoms with Crippen LogP contribution in [0.5, 0.6) is 0 Å². The highest BCUT2D eigenvalue weighted by atomic mass is 16.3. The molecule has 0 spiro atoms. The molecule has 6 heteroatoms. The molecule has 0 bridgehead atoms. The Hall–Kier alpha value is -1.30. The number of nitrogens with zero attached hydrogens (tertiary/aromatic N) is 1. The van der Waals surface area contributed by atoms with Crippen molar-refractivity contribution in [3.05, 3.63) is 21.0 Å². The fourth-order valence-electron chi connectivity index (χ4n) is 1.32. The third-order valence-corrected chi connectivity index (χ3v) is 2.01. The van der Waals surface area contributed by atoms with Gasteiger partial charge in [0.1, 0.15) is 0 Å². The van der Waals surface area contributed by atoms with Crippen LogP contribution in [0.4, 0.5) is 0 Å². The molecule has 6 nitrogen and oxygen atoms in total. The van der Waals surface area contributed by atoms with E-state index in [-0.39, 0.29) is 12.6 Å². The summed E-state index contributed by atoms with van der Waals surface area (Å²) in [6.07, 6.45) is 1.05. The Morgan fingerprint density at radius 1 is 1.38 bits per heavy atom. The minimum Gasteiger partial charge on any atom is -0.396 e. The average Bonchev–Trinajstić information content (AvgIpc) is 2.43. The second-order valence-corrected chi connectivity index (χ2v) is 2.80. The van der Waals surface area contributed by atoms with Crippen LogP contribution in [0.25, 0.3) is 0 Å². The van der Waals surface area contributed by atoms with Gasteiger partial charge < -0.3 is 5.11 Å². The van der Waals surface area contributed by atoms with Crippen LogP contribution in [0.15, 0.2) is 9.59 Å². The van der Waals surface area contributed by atoms with Crippen molar-refractivity contribution in [3.63, 3.8) is 0 Å². The zero-order valence-electron chi connectivity index (χ0n) is 7.41. The van der Waals surface area contributed by atoms with Crippen LogP contribution < -0.4 is 11.4 Å². The second-order valence-electron chi connectivity index (χ2n) is 2.80. The highest BCUT2D eigenvalue weighted by Gasteiger charge is 2.13. The molecule has 1 unspecified atom stereocenters. The number of rotatable bonds is 4. The quantitative estimate of drug-likeness (QED) is 0.576. The number of aliphatic hydroxyl groups excluding tert-OH is 1. The third kappa shape index (κ3) is 1.89. The van der Waals surface area contributed by atoms with Crippen LogP contribution in [0.2, 0.25) is 0 Å². The van der Waals surface area contributed by atoms with Crippen molar-refractivity contribution in [2.24, 2.45) is 0 Å². The molecular weight excluding hydrogens is 174 g/mol. The van der Waals surface area contributed by atoms with Gasteiger partial charge in [-0.3, -0.25) is 0 Å². The Kier molecular flexibility index (Phi) is 3.07. The van der Waals surface area contributed by atoms with E-state index in [1.165, 1.54) is 0 Å². The Morgan fingerprint density at radius 3 is 2.31 bits per heavy atom. The van der Waals surface area contributed by atoms with Crippen LogP contribution in [-0.2, 0) is 0 Å². The van der Waals surface area contributed by atoms with Gasteiger partial charge in [-0.25, -0.2) is 24.4 Å². The largest absolute Gasteiger partial charge is 0.396 e. The van der Waals surface area contributed by atoms with Crippen molar-refractivity contribution >= 4 is 0 Å². The minimum absolute atomic E-state index is 0.0322. The first-order valence-electron chi connectivity index (χ1n) is 4.20. The summed E-state index contributed by atoms with van der Waals surface area (Å²) in [7, 11) is 0. The molecule has 0 saturated carbocycles. The van der Waals surface area contributed by atoms with Gasteiger partial charge >= 0.3 is 11.4 Å². The number of nitrogens with one attached hydrogen (secondary N) is 2. The van der Waals surface area contributed by atoms with Crippen molar-refractivity contribution in [1.82, 2.24) is 14.8 Å². The molecule has 1 rings (SSSR count). The van der Waals surface area contributed by atoms with E-state index in [4.69, 9.17) is 5.11 Å². The molecule has 1 aromatic rings. The Balaban J connectivity index is 3.03. The van der Waals surface area contributed by atoms with Crippen molar-refractivity contribution < 1.29 is 5.11 Å². The monoisotopic (exact) mass is 187 g/mol. The van der Waals surface area contributed by atoms with Crippen molar-refractivity contribution in [2.75, 3.05) is 6.61 Å². The number of aliphatic hydroxyl groups is 1. The summed E-state index contributed by atoms with van der Waals surface area (Å²) in [6.45, 7) is 1.83. The van der Waals surface area contributed by atoms with Gasteiger partial charge in [0.2, 0.25) is 0 Å². The van der Waals surface area contributed by atoms with Crippen molar-refractivity contribution in [3.8, 4) is 0 Å². The topological polar surface area (TPSA) is 90.9 Å². The number of aromatic nitrogens is 3. The van der Waals surface area contributed by atoms with E-state index in [1.54, 1.807) is 0 Å². The fraction of sp³-hybridized carbons (Fsp3) is 0.714. The van der Waals surface area contributed by atoms with E-state index < -0.39 is 11.4 Å². The molecule has 0 aliphatic heterocycles. The molecule has 0 fully saturated rings. The summed E-state index contributed by atoms with van der Waals surface area (Å²) in [5.41, 5.74) is -0.907. The van der Waals surface area contributed by atoms with Gasteiger partial charge in [-0.1, -0.05) is 6.92 Å². The lowest BCUT2D eigenvalue weighted by Crippen LogP contribution is -2.31. The number of hydrogen-bond donors (Lipinski definition) is 3. The first-order chi connectivity index (χ1) is 6.20. The highest BCUT2D eigenvalue weighted by molar-refractivity contribution is 4.74. The first-order valence-corrected chi connectivity index (χ1v) is 4.20. The van der Waals surface area contributed by atoms with E-state index in [0.717, 1.165) is 4.57 Å². The predicted octanol–water partition coefficient (Wildman–Crippen LogP) is -0.802. The van der Waals surface area contributed by atoms with Gasteiger partial charge in [0.05, 0.1) is 0 Å². The van der Waals surface area contributed by atoms with Crippen molar-refractivity contribution in [1.29, 1.82) is 0 Å². The summed E-state index contributed by atoms with van der Waals surface area (Å²) in [5, 5.41) is 13.1. The van der Waals surface area contributed by atoms with Gasteiger partial charge in [0.15, 0.2) is 0 Å². The molecule has 0 aliphatic rings. The normalized spacial score (nSPS) is 13.1. The van der Waals surface area contributed by atoms with Gasteiger partial charge in [0, 0.05) is 12.6 Å². The maximum absolute atomic E-state index is 11.1. The number of aromatic amines is 2. The highest BCUT2D eigenvalue weighted by Crippen LogP contribution is 2.09. The number of hydrogen-bond acceptors (Lipinski definition) is 3. The molecule has 3 N–H and O–H groups in total. The molecule has 0 aliphatic carbocycles. The van der Waals surface area contributed by atoms with E-state index in [2.05, 4.69) is 10.2 Å². The van der Waals surface area contributed by atoms with Crippen LogP contribution in [0.1, 0.15) is 25.8 Å². The van der Waals surface area contributed by atoms with Crippen LogP contribution in [-0.4, -0.2) is 26.5 Å².